The Morgan fingerprint density at radius 1 is 0.944 bits per heavy atom. The van der Waals surface area contributed by atoms with Crippen molar-refractivity contribution in [1.82, 2.24) is 0 Å². The molecule has 0 aliphatic carbocycles. The fraction of sp³-hybridized carbons (Fsp3) is 0.250. The quantitative estimate of drug-likeness (QED) is 0.780. The van der Waals surface area contributed by atoms with Crippen LogP contribution in [0.15, 0.2) is 47.4 Å². The van der Waals surface area contributed by atoms with Crippen LogP contribution in [0.2, 0.25) is 0 Å². The Morgan fingerprint density at radius 2 is 1.61 bits per heavy atom. The molecule has 0 bridgehead atoms. The SMILES string of the molecule is COc1c(S)cccc1-c1ccccc1C(C)C. The molecule has 2 aromatic carbocycles. The van der Waals surface area contributed by atoms with E-state index >= 15 is 0 Å². The normalized spacial score (nSPS) is 10.7. The summed E-state index contributed by atoms with van der Waals surface area (Å²) in [4.78, 5) is 0.869. The summed E-state index contributed by atoms with van der Waals surface area (Å²) in [5.41, 5.74) is 3.66. The van der Waals surface area contributed by atoms with Gasteiger partial charge in [0.1, 0.15) is 5.75 Å². The Hall–Kier alpha value is -1.41. The molecule has 0 radical (unpaired) electrons. The van der Waals surface area contributed by atoms with Crippen LogP contribution >= 0.6 is 12.6 Å². The van der Waals surface area contributed by atoms with Gasteiger partial charge in [-0.2, -0.15) is 0 Å². The van der Waals surface area contributed by atoms with Crippen molar-refractivity contribution in [1.29, 1.82) is 0 Å². The lowest BCUT2D eigenvalue weighted by Gasteiger charge is -2.16. The van der Waals surface area contributed by atoms with Gasteiger partial charge < -0.3 is 4.74 Å². The van der Waals surface area contributed by atoms with Crippen molar-refractivity contribution >= 4 is 12.6 Å². The molecule has 0 saturated carbocycles. The highest BCUT2D eigenvalue weighted by atomic mass is 32.1. The Morgan fingerprint density at radius 3 is 2.28 bits per heavy atom. The second-order valence-electron chi connectivity index (χ2n) is 4.60. The topological polar surface area (TPSA) is 9.23 Å². The summed E-state index contributed by atoms with van der Waals surface area (Å²) in [6.07, 6.45) is 0. The standard InChI is InChI=1S/C16H18OS/c1-11(2)12-7-4-5-8-13(12)14-9-6-10-15(18)16(14)17-3/h4-11,18H,1-3H3. The minimum absolute atomic E-state index is 0.481. The van der Waals surface area contributed by atoms with Crippen LogP contribution in [0.3, 0.4) is 0 Å². The van der Waals surface area contributed by atoms with Gasteiger partial charge in [0.2, 0.25) is 0 Å². The lowest BCUT2D eigenvalue weighted by molar-refractivity contribution is 0.406. The Kier molecular flexibility index (Phi) is 3.97. The molecule has 0 amide bonds. The molecule has 2 aromatic rings. The summed E-state index contributed by atoms with van der Waals surface area (Å²) < 4.78 is 5.49. The summed E-state index contributed by atoms with van der Waals surface area (Å²) in [7, 11) is 1.69. The molecule has 0 aromatic heterocycles. The first-order chi connectivity index (χ1) is 8.65. The average Bonchev–Trinajstić information content (AvgIpc) is 2.38. The van der Waals surface area contributed by atoms with E-state index in [4.69, 9.17) is 4.74 Å². The van der Waals surface area contributed by atoms with Crippen LogP contribution in [0.1, 0.15) is 25.3 Å². The van der Waals surface area contributed by atoms with Crippen molar-refractivity contribution in [3.8, 4) is 16.9 Å². The van der Waals surface area contributed by atoms with Crippen LogP contribution in [-0.2, 0) is 0 Å². The van der Waals surface area contributed by atoms with Crippen LogP contribution in [0, 0.1) is 0 Å². The third-order valence-electron chi connectivity index (χ3n) is 3.07. The molecule has 18 heavy (non-hydrogen) atoms. The van der Waals surface area contributed by atoms with Crippen molar-refractivity contribution in [2.45, 2.75) is 24.7 Å². The number of para-hydroxylation sites is 1. The van der Waals surface area contributed by atoms with E-state index in [1.807, 2.05) is 12.1 Å². The highest BCUT2D eigenvalue weighted by Crippen LogP contribution is 2.38. The lowest BCUT2D eigenvalue weighted by Crippen LogP contribution is -1.95. The van der Waals surface area contributed by atoms with E-state index in [1.165, 1.54) is 11.1 Å². The van der Waals surface area contributed by atoms with Gasteiger partial charge in [-0.3, -0.25) is 0 Å². The largest absolute Gasteiger partial charge is 0.495 e. The minimum Gasteiger partial charge on any atom is -0.495 e. The monoisotopic (exact) mass is 258 g/mol. The van der Waals surface area contributed by atoms with Gasteiger partial charge in [0.25, 0.3) is 0 Å². The highest BCUT2D eigenvalue weighted by molar-refractivity contribution is 7.80. The van der Waals surface area contributed by atoms with Gasteiger partial charge >= 0.3 is 0 Å². The number of ether oxygens (including phenoxy) is 1. The maximum Gasteiger partial charge on any atom is 0.139 e. The zero-order valence-electron chi connectivity index (χ0n) is 11.0. The molecule has 0 aliphatic heterocycles. The van der Waals surface area contributed by atoms with E-state index in [9.17, 15) is 0 Å². The van der Waals surface area contributed by atoms with Gasteiger partial charge in [0, 0.05) is 10.5 Å². The summed E-state index contributed by atoms with van der Waals surface area (Å²) >= 11 is 4.46. The molecule has 0 fully saturated rings. The summed E-state index contributed by atoms with van der Waals surface area (Å²) in [6.45, 7) is 4.41. The highest BCUT2D eigenvalue weighted by Gasteiger charge is 2.13. The fourth-order valence-electron chi connectivity index (χ4n) is 2.20. The van der Waals surface area contributed by atoms with E-state index in [0.29, 0.717) is 5.92 Å². The van der Waals surface area contributed by atoms with Gasteiger partial charge in [-0.05, 0) is 23.1 Å². The molecule has 0 atom stereocenters. The Bertz CT molecular complexity index is 547. The van der Waals surface area contributed by atoms with E-state index < -0.39 is 0 Å². The fourth-order valence-corrected chi connectivity index (χ4v) is 2.50. The van der Waals surface area contributed by atoms with Crippen LogP contribution in [0.25, 0.3) is 11.1 Å². The summed E-state index contributed by atoms with van der Waals surface area (Å²) in [5, 5.41) is 0. The van der Waals surface area contributed by atoms with Crippen molar-refractivity contribution in [3.63, 3.8) is 0 Å². The molecule has 0 aliphatic rings. The predicted molar refractivity (Wildman–Crippen MR) is 79.8 cm³/mol. The number of hydrogen-bond donors (Lipinski definition) is 1. The molecule has 0 saturated heterocycles. The first-order valence-corrected chi connectivity index (χ1v) is 6.55. The molecular weight excluding hydrogens is 240 g/mol. The first kappa shape index (κ1) is 13.0. The van der Waals surface area contributed by atoms with Crippen LogP contribution in [-0.4, -0.2) is 7.11 Å². The molecule has 0 unspecified atom stereocenters. The van der Waals surface area contributed by atoms with E-state index in [-0.39, 0.29) is 0 Å². The maximum atomic E-state index is 5.49. The lowest BCUT2D eigenvalue weighted by atomic mass is 9.92. The van der Waals surface area contributed by atoms with Crippen LogP contribution < -0.4 is 4.74 Å². The van der Waals surface area contributed by atoms with Crippen molar-refractivity contribution in [2.24, 2.45) is 0 Å². The smallest absolute Gasteiger partial charge is 0.139 e. The van der Waals surface area contributed by atoms with Gasteiger partial charge in [-0.1, -0.05) is 50.2 Å². The van der Waals surface area contributed by atoms with Crippen LogP contribution in [0.5, 0.6) is 5.75 Å². The average molecular weight is 258 g/mol. The number of hydrogen-bond acceptors (Lipinski definition) is 2. The molecule has 0 heterocycles. The molecule has 94 valence electrons. The second kappa shape index (κ2) is 5.49. The Balaban J connectivity index is 2.66. The predicted octanol–water partition coefficient (Wildman–Crippen LogP) is 4.77. The number of methoxy groups -OCH3 is 1. The van der Waals surface area contributed by atoms with Crippen LogP contribution in [0.4, 0.5) is 0 Å². The number of thiol groups is 1. The molecule has 2 rings (SSSR count). The molecular formula is C16H18OS. The van der Waals surface area contributed by atoms with Gasteiger partial charge in [-0.15, -0.1) is 12.6 Å². The van der Waals surface area contributed by atoms with E-state index in [2.05, 4.69) is 56.8 Å². The molecule has 2 heteroatoms. The first-order valence-electron chi connectivity index (χ1n) is 6.10. The number of rotatable bonds is 3. The van der Waals surface area contributed by atoms with Crippen molar-refractivity contribution in [2.75, 3.05) is 7.11 Å². The maximum absolute atomic E-state index is 5.49. The third kappa shape index (κ3) is 2.39. The van der Waals surface area contributed by atoms with Gasteiger partial charge in [0.15, 0.2) is 0 Å². The van der Waals surface area contributed by atoms with Crippen molar-refractivity contribution < 1.29 is 4.74 Å². The van der Waals surface area contributed by atoms with E-state index in [0.717, 1.165) is 16.2 Å². The van der Waals surface area contributed by atoms with Gasteiger partial charge in [-0.25, -0.2) is 0 Å². The zero-order valence-corrected chi connectivity index (χ0v) is 11.9. The Labute approximate surface area is 114 Å². The molecule has 0 spiro atoms. The zero-order chi connectivity index (χ0) is 13.1. The van der Waals surface area contributed by atoms with Gasteiger partial charge in [0.05, 0.1) is 7.11 Å². The summed E-state index contributed by atoms with van der Waals surface area (Å²) in [5.74, 6) is 1.32. The van der Waals surface area contributed by atoms with Crippen molar-refractivity contribution in [3.05, 3.63) is 48.0 Å². The van der Waals surface area contributed by atoms with E-state index in [1.54, 1.807) is 7.11 Å². The second-order valence-corrected chi connectivity index (χ2v) is 5.08. The minimum atomic E-state index is 0.481. The number of benzene rings is 2. The third-order valence-corrected chi connectivity index (χ3v) is 3.42. The molecule has 1 nitrogen and oxygen atoms in total. The molecule has 0 N–H and O–H groups in total. The summed E-state index contributed by atoms with van der Waals surface area (Å²) in [6, 6.07) is 14.5.